The van der Waals surface area contributed by atoms with Crippen molar-refractivity contribution in [2.24, 2.45) is 17.5 Å². The Morgan fingerprint density at radius 3 is 2.59 bits per heavy atom. The predicted molar refractivity (Wildman–Crippen MR) is 153 cm³/mol. The molecule has 4 N–H and O–H groups in total. The first-order valence-electron chi connectivity index (χ1n) is 13.2. The summed E-state index contributed by atoms with van der Waals surface area (Å²) in [5.41, 5.74) is 6.54. The summed E-state index contributed by atoms with van der Waals surface area (Å²) in [6.07, 6.45) is 1.15. The van der Waals surface area contributed by atoms with Crippen molar-refractivity contribution < 1.29 is 18.8 Å². The summed E-state index contributed by atoms with van der Waals surface area (Å²) in [5.74, 6) is 4.14. The third-order valence-corrected chi connectivity index (χ3v) is 8.50. The van der Waals surface area contributed by atoms with E-state index in [4.69, 9.17) is 23.2 Å². The van der Waals surface area contributed by atoms with Gasteiger partial charge >= 0.3 is 0 Å². The number of para-hydroxylation sites is 1. The van der Waals surface area contributed by atoms with Crippen molar-refractivity contribution in [3.05, 3.63) is 82.8 Å². The number of hydrazine groups is 1. The summed E-state index contributed by atoms with van der Waals surface area (Å²) in [7, 11) is 0. The fourth-order valence-electron chi connectivity index (χ4n) is 6.21. The van der Waals surface area contributed by atoms with Crippen LogP contribution < -0.4 is 16.6 Å². The van der Waals surface area contributed by atoms with E-state index < -0.39 is 23.2 Å². The van der Waals surface area contributed by atoms with Gasteiger partial charge in [-0.15, -0.1) is 0 Å². The van der Waals surface area contributed by atoms with Crippen LogP contribution in [-0.4, -0.2) is 44.0 Å². The van der Waals surface area contributed by atoms with E-state index in [1.807, 2.05) is 13.0 Å². The van der Waals surface area contributed by atoms with Gasteiger partial charge in [-0.25, -0.2) is 15.2 Å². The van der Waals surface area contributed by atoms with Crippen LogP contribution in [0.15, 0.2) is 60.7 Å². The number of primary amides is 1. The molecule has 1 saturated carbocycles. The standard InChI is InChI=1S/C30H28ClFN6O3/c1-16-10-11-23-20(12-16)26(28(33)40)35-36(23)15-25(39)37-24-13-17(24)14-30(37,2)29(41)38(34)27-19(7-5-9-22(27)32)18-6-3-4-8-21(18)31/h3-12,17,24H,13-15,34H2,1-2H3,(H2,33,40)/t17?,24-,30?/m1/s1. The number of aromatic nitrogens is 2. The van der Waals surface area contributed by atoms with Crippen LogP contribution in [0.5, 0.6) is 0 Å². The van der Waals surface area contributed by atoms with Crippen LogP contribution in [0, 0.1) is 18.7 Å². The molecule has 2 fully saturated rings. The van der Waals surface area contributed by atoms with E-state index in [2.05, 4.69) is 5.10 Å². The van der Waals surface area contributed by atoms with Gasteiger partial charge in [0.1, 0.15) is 23.6 Å². The number of rotatable bonds is 6. The lowest BCUT2D eigenvalue weighted by atomic mass is 9.93. The summed E-state index contributed by atoms with van der Waals surface area (Å²) in [6, 6.07) is 16.6. The molecule has 0 spiro atoms. The third-order valence-electron chi connectivity index (χ3n) is 8.17. The average molecular weight is 575 g/mol. The molecule has 2 unspecified atom stereocenters. The van der Waals surface area contributed by atoms with Gasteiger partial charge in [0.15, 0.2) is 5.69 Å². The fraction of sp³-hybridized carbons (Fsp3) is 0.267. The lowest BCUT2D eigenvalue weighted by Crippen LogP contribution is -2.60. The van der Waals surface area contributed by atoms with Crippen molar-refractivity contribution in [1.29, 1.82) is 0 Å². The predicted octanol–water partition coefficient (Wildman–Crippen LogP) is 4.19. The molecule has 1 aromatic heterocycles. The zero-order valence-electron chi connectivity index (χ0n) is 22.5. The van der Waals surface area contributed by atoms with Crippen LogP contribution in [0.3, 0.4) is 0 Å². The smallest absolute Gasteiger partial charge is 0.269 e. The number of hydrogen-bond acceptors (Lipinski definition) is 5. The largest absolute Gasteiger partial charge is 0.364 e. The van der Waals surface area contributed by atoms with Crippen LogP contribution >= 0.6 is 11.6 Å². The molecule has 41 heavy (non-hydrogen) atoms. The van der Waals surface area contributed by atoms with E-state index in [0.29, 0.717) is 33.5 Å². The molecule has 3 amide bonds. The van der Waals surface area contributed by atoms with Crippen molar-refractivity contribution >= 4 is 45.9 Å². The molecule has 1 saturated heterocycles. The molecular weight excluding hydrogens is 547 g/mol. The van der Waals surface area contributed by atoms with E-state index in [1.165, 1.54) is 16.8 Å². The number of nitrogens with two attached hydrogens (primary N) is 2. The van der Waals surface area contributed by atoms with Crippen molar-refractivity contribution in [3.8, 4) is 11.1 Å². The van der Waals surface area contributed by atoms with Crippen LogP contribution in [0.1, 0.15) is 35.8 Å². The maximum absolute atomic E-state index is 15.3. The highest BCUT2D eigenvalue weighted by Gasteiger charge is 2.63. The van der Waals surface area contributed by atoms with Crippen molar-refractivity contribution in [1.82, 2.24) is 14.7 Å². The van der Waals surface area contributed by atoms with Gasteiger partial charge in [0.05, 0.1) is 5.52 Å². The minimum atomic E-state index is -1.33. The summed E-state index contributed by atoms with van der Waals surface area (Å²) < 4.78 is 16.8. The van der Waals surface area contributed by atoms with Gasteiger partial charge in [0.2, 0.25) is 5.91 Å². The van der Waals surface area contributed by atoms with Gasteiger partial charge in [-0.2, -0.15) is 5.10 Å². The Morgan fingerprint density at radius 2 is 1.85 bits per heavy atom. The Kier molecular flexibility index (Phi) is 6.35. The van der Waals surface area contributed by atoms with Gasteiger partial charge in [-0.1, -0.05) is 53.6 Å². The van der Waals surface area contributed by atoms with Crippen LogP contribution in [0.4, 0.5) is 10.1 Å². The number of aryl methyl sites for hydroxylation is 1. The molecule has 6 rings (SSSR count). The molecule has 9 nitrogen and oxygen atoms in total. The number of halogens is 2. The summed E-state index contributed by atoms with van der Waals surface area (Å²) in [6.45, 7) is 3.33. The number of fused-ring (bicyclic) bond motifs is 2. The Morgan fingerprint density at radius 1 is 1.12 bits per heavy atom. The van der Waals surface area contributed by atoms with Crippen molar-refractivity contribution in [2.75, 3.05) is 5.01 Å². The van der Waals surface area contributed by atoms with Crippen molar-refractivity contribution in [2.45, 2.75) is 44.8 Å². The fourth-order valence-corrected chi connectivity index (χ4v) is 6.45. The third kappa shape index (κ3) is 4.34. The highest BCUT2D eigenvalue weighted by Crippen LogP contribution is 2.53. The van der Waals surface area contributed by atoms with E-state index >= 15 is 4.39 Å². The number of benzene rings is 3. The van der Waals surface area contributed by atoms with Crippen LogP contribution in [0.25, 0.3) is 22.0 Å². The van der Waals surface area contributed by atoms with E-state index in [0.717, 1.165) is 17.0 Å². The van der Waals surface area contributed by atoms with Gasteiger partial charge in [0.25, 0.3) is 11.8 Å². The molecule has 1 aliphatic heterocycles. The second kappa shape index (κ2) is 9.67. The lowest BCUT2D eigenvalue weighted by Gasteiger charge is -2.39. The van der Waals surface area contributed by atoms with Crippen molar-refractivity contribution in [3.63, 3.8) is 0 Å². The normalized spacial score (nSPS) is 21.1. The van der Waals surface area contributed by atoms with Crippen LogP contribution in [-0.2, 0) is 16.1 Å². The number of anilines is 1. The van der Waals surface area contributed by atoms with E-state index in [-0.39, 0.29) is 35.8 Å². The molecule has 2 heterocycles. The molecular formula is C30H28ClFN6O3. The number of nitrogens with zero attached hydrogens (tertiary/aromatic N) is 4. The monoisotopic (exact) mass is 574 g/mol. The minimum Gasteiger partial charge on any atom is -0.364 e. The first-order chi connectivity index (χ1) is 19.5. The topological polar surface area (TPSA) is 128 Å². The molecule has 0 bridgehead atoms. The van der Waals surface area contributed by atoms with Gasteiger partial charge in [0, 0.05) is 27.6 Å². The Labute approximate surface area is 240 Å². The average Bonchev–Trinajstić information content (AvgIpc) is 3.46. The Bertz CT molecular complexity index is 1760. The molecule has 0 radical (unpaired) electrons. The number of hydrogen-bond donors (Lipinski definition) is 2. The Hall–Kier alpha value is -4.28. The molecule has 11 heteroatoms. The number of carbonyl (C=O) groups is 3. The minimum absolute atomic E-state index is 0.0702. The summed E-state index contributed by atoms with van der Waals surface area (Å²) >= 11 is 6.40. The molecule has 4 aromatic rings. The molecule has 3 atom stereocenters. The van der Waals surface area contributed by atoms with Gasteiger partial charge < -0.3 is 10.6 Å². The number of likely N-dealkylation sites (tertiary alicyclic amines) is 1. The molecule has 3 aromatic carbocycles. The van der Waals surface area contributed by atoms with E-state index in [9.17, 15) is 14.4 Å². The summed E-state index contributed by atoms with van der Waals surface area (Å²) in [4.78, 5) is 41.6. The van der Waals surface area contributed by atoms with Crippen LogP contribution in [0.2, 0.25) is 5.02 Å². The number of piperidine rings is 1. The number of carbonyl (C=O) groups excluding carboxylic acids is 3. The second-order valence-electron chi connectivity index (χ2n) is 11.0. The number of amides is 3. The molecule has 2 aliphatic rings. The first-order valence-corrected chi connectivity index (χ1v) is 13.6. The lowest BCUT2D eigenvalue weighted by molar-refractivity contribution is -0.145. The highest BCUT2D eigenvalue weighted by atomic mass is 35.5. The summed E-state index contributed by atoms with van der Waals surface area (Å²) in [5, 5.41) is 6.06. The zero-order chi connectivity index (χ0) is 29.2. The van der Waals surface area contributed by atoms with Gasteiger partial charge in [-0.3, -0.25) is 19.1 Å². The second-order valence-corrected chi connectivity index (χ2v) is 11.4. The first kappa shape index (κ1) is 26.9. The maximum atomic E-state index is 15.3. The van der Waals surface area contributed by atoms with Gasteiger partial charge in [-0.05, 0) is 56.9 Å². The molecule has 210 valence electrons. The quantitative estimate of drug-likeness (QED) is 0.203. The zero-order valence-corrected chi connectivity index (χ0v) is 23.2. The Balaban J connectivity index is 1.34. The maximum Gasteiger partial charge on any atom is 0.269 e. The highest BCUT2D eigenvalue weighted by molar-refractivity contribution is 6.33. The SMILES string of the molecule is Cc1ccc2c(c1)c(C(N)=O)nn2CC(=O)N1[C@@H]2CC2CC1(C)C(=O)N(N)c1c(F)cccc1-c1ccccc1Cl. The molecule has 1 aliphatic carbocycles. The van der Waals surface area contributed by atoms with E-state index in [1.54, 1.807) is 54.3 Å².